The van der Waals surface area contributed by atoms with Gasteiger partial charge in [0.2, 0.25) is 10.0 Å². The van der Waals surface area contributed by atoms with Crippen LogP contribution in [0, 0.1) is 0 Å². The van der Waals surface area contributed by atoms with E-state index in [1.165, 1.54) is 0 Å². The number of nitrogens with zero attached hydrogens (tertiary/aromatic N) is 1. The Morgan fingerprint density at radius 1 is 1.30 bits per heavy atom. The second kappa shape index (κ2) is 5.28. The van der Waals surface area contributed by atoms with E-state index >= 15 is 0 Å². The minimum absolute atomic E-state index is 0.0643. The Morgan fingerprint density at radius 3 is 2.45 bits per heavy atom. The van der Waals surface area contributed by atoms with E-state index in [0.717, 1.165) is 16.4 Å². The average Bonchev–Trinajstić information content (AvgIpc) is 2.74. The van der Waals surface area contributed by atoms with Crippen LogP contribution >= 0.6 is 15.9 Å². The molecule has 112 valence electrons. The third-order valence-electron chi connectivity index (χ3n) is 3.02. The predicted octanol–water partition coefficient (Wildman–Crippen LogP) is 2.19. The van der Waals surface area contributed by atoms with Crippen molar-refractivity contribution in [3.8, 4) is 0 Å². The van der Waals surface area contributed by atoms with Crippen molar-refractivity contribution >= 4 is 26.0 Å². The van der Waals surface area contributed by atoms with Crippen LogP contribution < -0.4 is 5.73 Å². The zero-order valence-corrected chi connectivity index (χ0v) is 12.6. The Morgan fingerprint density at radius 2 is 1.95 bits per heavy atom. The number of benzene rings is 1. The van der Waals surface area contributed by atoms with Crippen LogP contribution in [0.15, 0.2) is 27.6 Å². The molecule has 1 heterocycles. The second-order valence-corrected chi connectivity index (χ2v) is 7.44. The Kier molecular flexibility index (Phi) is 4.16. The first-order chi connectivity index (χ1) is 9.10. The SMILES string of the molecule is N[C@@H]1CCN(S(=O)(=O)c2cc(Br)cc(C(F)(F)F)c2)C1. The summed E-state index contributed by atoms with van der Waals surface area (Å²) in [6, 6.07) is 2.37. The number of rotatable bonds is 2. The van der Waals surface area contributed by atoms with E-state index in [9.17, 15) is 21.6 Å². The lowest BCUT2D eigenvalue weighted by atomic mass is 10.2. The van der Waals surface area contributed by atoms with E-state index in [1.807, 2.05) is 0 Å². The highest BCUT2D eigenvalue weighted by atomic mass is 79.9. The largest absolute Gasteiger partial charge is 0.416 e. The van der Waals surface area contributed by atoms with Gasteiger partial charge in [0.1, 0.15) is 0 Å². The molecule has 1 aromatic carbocycles. The summed E-state index contributed by atoms with van der Waals surface area (Å²) in [6.07, 6.45) is -4.10. The van der Waals surface area contributed by atoms with E-state index < -0.39 is 21.8 Å². The average molecular weight is 373 g/mol. The molecule has 2 rings (SSSR count). The van der Waals surface area contributed by atoms with E-state index in [0.29, 0.717) is 12.5 Å². The van der Waals surface area contributed by atoms with Crippen LogP contribution in [0.3, 0.4) is 0 Å². The van der Waals surface area contributed by atoms with Gasteiger partial charge in [-0.2, -0.15) is 17.5 Å². The van der Waals surface area contributed by atoms with E-state index in [2.05, 4.69) is 15.9 Å². The number of sulfonamides is 1. The van der Waals surface area contributed by atoms with Gasteiger partial charge >= 0.3 is 6.18 Å². The highest BCUT2D eigenvalue weighted by Gasteiger charge is 2.35. The first-order valence-electron chi connectivity index (χ1n) is 5.74. The number of halogens is 4. The summed E-state index contributed by atoms with van der Waals surface area (Å²) in [6.45, 7) is 0.341. The third-order valence-corrected chi connectivity index (χ3v) is 5.32. The summed E-state index contributed by atoms with van der Waals surface area (Å²) in [5.74, 6) is 0. The zero-order chi connectivity index (χ0) is 15.1. The molecule has 1 aliphatic rings. The summed E-state index contributed by atoms with van der Waals surface area (Å²) in [4.78, 5) is -0.381. The fraction of sp³-hybridized carbons (Fsp3) is 0.455. The van der Waals surface area contributed by atoms with Crippen LogP contribution in [0.5, 0.6) is 0 Å². The molecule has 0 amide bonds. The number of hydrogen-bond donors (Lipinski definition) is 1. The molecule has 0 saturated carbocycles. The van der Waals surface area contributed by atoms with Crippen molar-refractivity contribution in [3.63, 3.8) is 0 Å². The van der Waals surface area contributed by atoms with Gasteiger partial charge in [-0.1, -0.05) is 15.9 Å². The molecule has 1 aliphatic heterocycles. The normalized spacial score (nSPS) is 21.4. The molecule has 2 N–H and O–H groups in total. The lowest BCUT2D eigenvalue weighted by molar-refractivity contribution is -0.137. The minimum Gasteiger partial charge on any atom is -0.326 e. The van der Waals surface area contributed by atoms with Crippen molar-refractivity contribution in [2.45, 2.75) is 23.5 Å². The molecule has 0 unspecified atom stereocenters. The summed E-state index contributed by atoms with van der Waals surface area (Å²) < 4.78 is 63.9. The molecule has 4 nitrogen and oxygen atoms in total. The van der Waals surface area contributed by atoms with E-state index in [-0.39, 0.29) is 28.5 Å². The molecule has 1 atom stereocenters. The van der Waals surface area contributed by atoms with Crippen molar-refractivity contribution in [1.82, 2.24) is 4.31 Å². The van der Waals surface area contributed by atoms with Gasteiger partial charge in [0.15, 0.2) is 0 Å². The first-order valence-corrected chi connectivity index (χ1v) is 7.97. The second-order valence-electron chi connectivity index (χ2n) is 4.59. The van der Waals surface area contributed by atoms with Crippen LogP contribution in [0.25, 0.3) is 0 Å². The third kappa shape index (κ3) is 3.16. The highest BCUT2D eigenvalue weighted by molar-refractivity contribution is 9.10. The monoisotopic (exact) mass is 372 g/mol. The smallest absolute Gasteiger partial charge is 0.326 e. The molecule has 20 heavy (non-hydrogen) atoms. The predicted molar refractivity (Wildman–Crippen MR) is 70.5 cm³/mol. The van der Waals surface area contributed by atoms with Gasteiger partial charge in [-0.3, -0.25) is 0 Å². The lowest BCUT2D eigenvalue weighted by Crippen LogP contribution is -2.32. The maximum Gasteiger partial charge on any atom is 0.416 e. The van der Waals surface area contributed by atoms with Crippen molar-refractivity contribution in [2.24, 2.45) is 5.73 Å². The van der Waals surface area contributed by atoms with Crippen LogP contribution in [0.2, 0.25) is 0 Å². The van der Waals surface area contributed by atoms with Crippen molar-refractivity contribution in [1.29, 1.82) is 0 Å². The van der Waals surface area contributed by atoms with Crippen molar-refractivity contribution < 1.29 is 21.6 Å². The fourth-order valence-corrected chi connectivity index (χ4v) is 4.22. The quantitative estimate of drug-likeness (QED) is 0.865. The summed E-state index contributed by atoms with van der Waals surface area (Å²) in [5, 5.41) is 0. The minimum atomic E-state index is -4.60. The molecule has 1 fully saturated rings. The maximum absolute atomic E-state index is 12.7. The highest BCUT2D eigenvalue weighted by Crippen LogP contribution is 2.34. The van der Waals surface area contributed by atoms with Gasteiger partial charge in [-0.05, 0) is 24.6 Å². The molecule has 0 aliphatic carbocycles. The summed E-state index contributed by atoms with van der Waals surface area (Å²) in [5.41, 5.74) is 4.63. The van der Waals surface area contributed by atoms with E-state index in [4.69, 9.17) is 5.73 Å². The fourth-order valence-electron chi connectivity index (χ4n) is 2.00. The first kappa shape index (κ1) is 15.7. The van der Waals surface area contributed by atoms with Crippen molar-refractivity contribution in [2.75, 3.05) is 13.1 Å². The maximum atomic E-state index is 12.7. The van der Waals surface area contributed by atoms with Crippen LogP contribution in [0.1, 0.15) is 12.0 Å². The molecular formula is C11H12BrF3N2O2S. The molecule has 0 aromatic heterocycles. The Bertz CT molecular complexity index is 619. The molecule has 0 bridgehead atoms. The van der Waals surface area contributed by atoms with Gasteiger partial charge in [0.05, 0.1) is 10.5 Å². The molecule has 9 heteroatoms. The van der Waals surface area contributed by atoms with Gasteiger partial charge in [0, 0.05) is 23.6 Å². The molecule has 0 spiro atoms. The van der Waals surface area contributed by atoms with Gasteiger partial charge in [-0.25, -0.2) is 8.42 Å². The Labute approximate surface area is 122 Å². The van der Waals surface area contributed by atoms with Crippen LogP contribution in [0.4, 0.5) is 13.2 Å². The van der Waals surface area contributed by atoms with Gasteiger partial charge < -0.3 is 5.73 Å². The molecular weight excluding hydrogens is 361 g/mol. The van der Waals surface area contributed by atoms with Gasteiger partial charge in [-0.15, -0.1) is 0 Å². The standard InChI is InChI=1S/C11H12BrF3N2O2S/c12-8-3-7(11(13,14)15)4-10(5-8)20(18,19)17-2-1-9(16)6-17/h3-5,9H,1-2,6,16H2/t9-/m1/s1. The number of nitrogens with two attached hydrogens (primary N) is 1. The molecule has 1 saturated heterocycles. The van der Waals surface area contributed by atoms with Gasteiger partial charge in [0.25, 0.3) is 0 Å². The summed E-state index contributed by atoms with van der Waals surface area (Å²) >= 11 is 2.91. The Hall–Kier alpha value is -0.640. The Balaban J connectivity index is 2.44. The number of alkyl halides is 3. The molecule has 1 aromatic rings. The van der Waals surface area contributed by atoms with Crippen LogP contribution in [-0.4, -0.2) is 31.9 Å². The van der Waals surface area contributed by atoms with E-state index in [1.54, 1.807) is 0 Å². The van der Waals surface area contributed by atoms with Crippen LogP contribution in [-0.2, 0) is 16.2 Å². The zero-order valence-electron chi connectivity index (χ0n) is 10.2. The number of hydrogen-bond acceptors (Lipinski definition) is 3. The topological polar surface area (TPSA) is 63.4 Å². The molecule has 0 radical (unpaired) electrons. The summed E-state index contributed by atoms with van der Waals surface area (Å²) in [7, 11) is -3.95. The lowest BCUT2D eigenvalue weighted by Gasteiger charge is -2.17. The van der Waals surface area contributed by atoms with Crippen molar-refractivity contribution in [3.05, 3.63) is 28.2 Å².